The fraction of sp³-hybridized carbons (Fsp3) is 0.615. The van der Waals surface area contributed by atoms with Crippen molar-refractivity contribution >= 4 is 5.82 Å². The number of rotatable bonds is 4. The molecule has 1 aliphatic carbocycles. The van der Waals surface area contributed by atoms with Crippen molar-refractivity contribution in [3.8, 4) is 0 Å². The van der Waals surface area contributed by atoms with Gasteiger partial charge in [-0.3, -0.25) is 0 Å². The second-order valence-corrected chi connectivity index (χ2v) is 5.03. The van der Waals surface area contributed by atoms with Gasteiger partial charge in [-0.25, -0.2) is 9.37 Å². The van der Waals surface area contributed by atoms with E-state index in [0.29, 0.717) is 12.5 Å². The first kappa shape index (κ1) is 12.3. The van der Waals surface area contributed by atoms with E-state index in [1.54, 1.807) is 6.07 Å². The summed E-state index contributed by atoms with van der Waals surface area (Å²) in [6, 6.07) is 2.91. The van der Waals surface area contributed by atoms with Crippen LogP contribution in [0.3, 0.4) is 0 Å². The molecule has 0 bridgehead atoms. The smallest absolute Gasteiger partial charge is 0.165 e. The van der Waals surface area contributed by atoms with Crippen LogP contribution in [0.4, 0.5) is 10.2 Å². The molecule has 1 atom stereocenters. The van der Waals surface area contributed by atoms with Crippen molar-refractivity contribution in [2.24, 2.45) is 5.92 Å². The molecule has 0 saturated heterocycles. The zero-order chi connectivity index (χ0) is 12.3. The number of hydrogen-bond acceptors (Lipinski definition) is 3. The van der Waals surface area contributed by atoms with Crippen molar-refractivity contribution in [1.82, 2.24) is 4.98 Å². The van der Waals surface area contributed by atoms with Crippen molar-refractivity contribution in [1.29, 1.82) is 0 Å². The van der Waals surface area contributed by atoms with E-state index in [4.69, 9.17) is 0 Å². The zero-order valence-electron chi connectivity index (χ0n) is 10.1. The standard InChI is InChI=1S/C13H19FN2O/c1-13(17,10-5-2-3-6-10)9-16-12-11(14)7-4-8-15-12/h4,7-8,10,17H,2-3,5-6,9H2,1H3,(H,15,16). The van der Waals surface area contributed by atoms with E-state index in [1.807, 2.05) is 6.92 Å². The fourth-order valence-corrected chi connectivity index (χ4v) is 2.47. The molecule has 0 spiro atoms. The van der Waals surface area contributed by atoms with Crippen LogP contribution in [0.2, 0.25) is 0 Å². The molecular formula is C13H19FN2O. The highest BCUT2D eigenvalue weighted by atomic mass is 19.1. The van der Waals surface area contributed by atoms with Gasteiger partial charge < -0.3 is 10.4 Å². The Morgan fingerprint density at radius 2 is 2.24 bits per heavy atom. The molecule has 0 aliphatic heterocycles. The maximum atomic E-state index is 13.3. The molecule has 0 radical (unpaired) electrons. The Kier molecular flexibility index (Phi) is 3.62. The zero-order valence-corrected chi connectivity index (χ0v) is 10.1. The van der Waals surface area contributed by atoms with Crippen molar-refractivity contribution in [3.63, 3.8) is 0 Å². The lowest BCUT2D eigenvalue weighted by Gasteiger charge is -2.30. The van der Waals surface area contributed by atoms with E-state index in [2.05, 4.69) is 10.3 Å². The summed E-state index contributed by atoms with van der Waals surface area (Å²) in [7, 11) is 0. The fourth-order valence-electron chi connectivity index (χ4n) is 2.47. The number of anilines is 1. The van der Waals surface area contributed by atoms with Gasteiger partial charge in [0.1, 0.15) is 0 Å². The highest BCUT2D eigenvalue weighted by Gasteiger charge is 2.33. The minimum absolute atomic E-state index is 0.214. The van der Waals surface area contributed by atoms with E-state index in [1.165, 1.54) is 25.1 Å². The van der Waals surface area contributed by atoms with Crippen LogP contribution in [-0.2, 0) is 0 Å². The summed E-state index contributed by atoms with van der Waals surface area (Å²) in [5.74, 6) is 0.141. The van der Waals surface area contributed by atoms with E-state index < -0.39 is 5.60 Å². The first-order valence-electron chi connectivity index (χ1n) is 6.16. The van der Waals surface area contributed by atoms with Gasteiger partial charge in [-0.2, -0.15) is 0 Å². The summed E-state index contributed by atoms with van der Waals surface area (Å²) >= 11 is 0. The van der Waals surface area contributed by atoms with Crippen LogP contribution in [0.25, 0.3) is 0 Å². The van der Waals surface area contributed by atoms with Gasteiger partial charge in [0.15, 0.2) is 11.6 Å². The second kappa shape index (κ2) is 5.00. The van der Waals surface area contributed by atoms with Crippen LogP contribution in [0.5, 0.6) is 0 Å². The van der Waals surface area contributed by atoms with E-state index in [9.17, 15) is 9.50 Å². The molecule has 3 nitrogen and oxygen atoms in total. The molecule has 0 amide bonds. The molecule has 1 fully saturated rings. The van der Waals surface area contributed by atoms with Crippen LogP contribution in [0, 0.1) is 11.7 Å². The molecule has 17 heavy (non-hydrogen) atoms. The molecule has 94 valence electrons. The molecule has 1 aromatic rings. The maximum absolute atomic E-state index is 13.3. The molecular weight excluding hydrogens is 219 g/mol. The molecule has 1 aliphatic rings. The molecule has 2 N–H and O–H groups in total. The number of aliphatic hydroxyl groups is 1. The normalized spacial score (nSPS) is 20.2. The SMILES string of the molecule is CC(O)(CNc1ncccc1F)C1CCCC1. The topological polar surface area (TPSA) is 45.1 Å². The van der Waals surface area contributed by atoms with Gasteiger partial charge in [0.05, 0.1) is 5.60 Å². The average molecular weight is 238 g/mol. The predicted octanol–water partition coefficient (Wildman–Crippen LogP) is 2.57. The molecule has 0 aromatic carbocycles. The third-order valence-corrected chi connectivity index (χ3v) is 3.61. The Labute approximate surface area is 101 Å². The number of nitrogens with one attached hydrogen (secondary N) is 1. The van der Waals surface area contributed by atoms with Crippen molar-refractivity contribution in [3.05, 3.63) is 24.1 Å². The van der Waals surface area contributed by atoms with Gasteiger partial charge in [-0.15, -0.1) is 0 Å². The predicted molar refractivity (Wildman–Crippen MR) is 65.3 cm³/mol. The lowest BCUT2D eigenvalue weighted by atomic mass is 9.88. The van der Waals surface area contributed by atoms with Crippen LogP contribution in [-0.4, -0.2) is 22.2 Å². The number of nitrogens with zero attached hydrogens (tertiary/aromatic N) is 1. The Morgan fingerprint density at radius 1 is 1.53 bits per heavy atom. The van der Waals surface area contributed by atoms with Crippen molar-refractivity contribution < 1.29 is 9.50 Å². The molecule has 1 aromatic heterocycles. The summed E-state index contributed by atoms with van der Waals surface area (Å²) in [6.45, 7) is 2.16. The number of pyridine rings is 1. The number of halogens is 1. The lowest BCUT2D eigenvalue weighted by Crippen LogP contribution is -2.40. The van der Waals surface area contributed by atoms with E-state index in [0.717, 1.165) is 12.8 Å². The average Bonchev–Trinajstić information content (AvgIpc) is 2.82. The molecule has 1 saturated carbocycles. The van der Waals surface area contributed by atoms with Gasteiger partial charge in [0.2, 0.25) is 0 Å². The summed E-state index contributed by atoms with van der Waals surface area (Å²) in [4.78, 5) is 3.91. The van der Waals surface area contributed by atoms with Crippen molar-refractivity contribution in [2.45, 2.75) is 38.2 Å². The number of aromatic nitrogens is 1. The molecule has 4 heteroatoms. The van der Waals surface area contributed by atoms with Crippen LogP contribution >= 0.6 is 0 Å². The molecule has 1 heterocycles. The van der Waals surface area contributed by atoms with Gasteiger partial charge in [-0.05, 0) is 37.8 Å². The Bertz CT molecular complexity index is 375. The number of hydrogen-bond donors (Lipinski definition) is 2. The third-order valence-electron chi connectivity index (χ3n) is 3.61. The first-order chi connectivity index (χ1) is 8.09. The van der Waals surface area contributed by atoms with E-state index >= 15 is 0 Å². The van der Waals surface area contributed by atoms with Gasteiger partial charge >= 0.3 is 0 Å². The van der Waals surface area contributed by atoms with Crippen LogP contribution in [0.15, 0.2) is 18.3 Å². The minimum Gasteiger partial charge on any atom is -0.388 e. The highest BCUT2D eigenvalue weighted by molar-refractivity contribution is 5.35. The van der Waals surface area contributed by atoms with E-state index in [-0.39, 0.29) is 11.6 Å². The minimum atomic E-state index is -0.791. The molecule has 1 unspecified atom stereocenters. The Hall–Kier alpha value is -1.16. The first-order valence-corrected chi connectivity index (χ1v) is 6.16. The second-order valence-electron chi connectivity index (χ2n) is 5.03. The Balaban J connectivity index is 1.95. The van der Waals surface area contributed by atoms with Gasteiger partial charge in [-0.1, -0.05) is 12.8 Å². The van der Waals surface area contributed by atoms with Crippen LogP contribution in [0.1, 0.15) is 32.6 Å². The van der Waals surface area contributed by atoms with Crippen molar-refractivity contribution in [2.75, 3.05) is 11.9 Å². The summed E-state index contributed by atoms with van der Waals surface area (Å²) in [5, 5.41) is 13.2. The quantitative estimate of drug-likeness (QED) is 0.847. The summed E-state index contributed by atoms with van der Waals surface area (Å²) in [5.41, 5.74) is -0.791. The summed E-state index contributed by atoms with van der Waals surface area (Å²) in [6.07, 6.45) is 6.01. The third kappa shape index (κ3) is 2.94. The summed E-state index contributed by atoms with van der Waals surface area (Å²) < 4.78 is 13.3. The highest BCUT2D eigenvalue weighted by Crippen LogP contribution is 2.34. The van der Waals surface area contributed by atoms with Gasteiger partial charge in [0, 0.05) is 12.7 Å². The maximum Gasteiger partial charge on any atom is 0.165 e. The van der Waals surface area contributed by atoms with Crippen LogP contribution < -0.4 is 5.32 Å². The van der Waals surface area contributed by atoms with Gasteiger partial charge in [0.25, 0.3) is 0 Å². The Morgan fingerprint density at radius 3 is 2.88 bits per heavy atom. The molecule has 2 rings (SSSR count). The monoisotopic (exact) mass is 238 g/mol. The largest absolute Gasteiger partial charge is 0.388 e. The lowest BCUT2D eigenvalue weighted by molar-refractivity contribution is 0.0141.